The van der Waals surface area contributed by atoms with Gasteiger partial charge in [-0.25, -0.2) is 0 Å². The van der Waals surface area contributed by atoms with Crippen molar-refractivity contribution < 1.29 is 9.53 Å². The number of ether oxygens (including phenoxy) is 1. The van der Waals surface area contributed by atoms with E-state index in [4.69, 9.17) is 16.3 Å². The molecule has 0 aromatic heterocycles. The summed E-state index contributed by atoms with van der Waals surface area (Å²) in [6.45, 7) is 1.89. The number of carbonyl (C=O) groups is 1. The number of thioether (sulfide) groups is 1. The van der Waals surface area contributed by atoms with Crippen LogP contribution in [0, 0.1) is 6.92 Å². The van der Waals surface area contributed by atoms with Gasteiger partial charge in [-0.15, -0.1) is 0 Å². The van der Waals surface area contributed by atoms with Gasteiger partial charge in [0.15, 0.2) is 0 Å². The molecule has 1 unspecified atom stereocenters. The number of fused-ring (bicyclic) bond motifs is 2. The quantitative estimate of drug-likeness (QED) is 0.862. The third-order valence-electron chi connectivity index (χ3n) is 4.24. The Hall–Kier alpha value is -2.18. The van der Waals surface area contributed by atoms with Crippen LogP contribution in [0.5, 0.6) is 5.75 Å². The first-order valence-corrected chi connectivity index (χ1v) is 8.54. The molecule has 0 bridgehead atoms. The minimum Gasteiger partial charge on any atom is -0.497 e. The molecule has 2 N–H and O–H groups in total. The number of hydrogen-bond donors (Lipinski definition) is 2. The Morgan fingerprint density at radius 2 is 1.96 bits per heavy atom. The molecule has 2 aliphatic heterocycles. The van der Waals surface area contributed by atoms with Crippen LogP contribution in [0.1, 0.15) is 16.7 Å². The highest BCUT2D eigenvalue weighted by Crippen LogP contribution is 2.49. The molecular weight excluding hydrogens is 346 g/mol. The summed E-state index contributed by atoms with van der Waals surface area (Å²) >= 11 is 7.56. The van der Waals surface area contributed by atoms with Crippen LogP contribution < -0.4 is 15.5 Å². The molecule has 1 spiro atoms. The van der Waals surface area contributed by atoms with E-state index >= 15 is 0 Å². The Morgan fingerprint density at radius 3 is 2.67 bits per heavy atom. The molecule has 0 saturated carbocycles. The maximum atomic E-state index is 12.7. The van der Waals surface area contributed by atoms with E-state index in [9.17, 15) is 4.79 Å². The Morgan fingerprint density at radius 1 is 1.21 bits per heavy atom. The molecule has 1 atom stereocenters. The van der Waals surface area contributed by atoms with Crippen molar-refractivity contribution in [3.63, 3.8) is 0 Å². The second kappa shape index (κ2) is 5.43. The molecule has 24 heavy (non-hydrogen) atoms. The number of methoxy groups -OCH3 is 1. The van der Waals surface area contributed by atoms with Crippen molar-refractivity contribution >= 4 is 40.0 Å². The Bertz CT molecular complexity index is 882. The highest BCUT2D eigenvalue weighted by molar-refractivity contribution is 8.16. The van der Waals surface area contributed by atoms with Gasteiger partial charge in [-0.1, -0.05) is 29.4 Å². The number of benzene rings is 2. The lowest BCUT2D eigenvalue weighted by molar-refractivity contribution is -0.118. The number of amides is 1. The Kier molecular flexibility index (Phi) is 3.47. The highest BCUT2D eigenvalue weighted by atomic mass is 35.5. The van der Waals surface area contributed by atoms with Gasteiger partial charge in [0.2, 0.25) is 4.87 Å². The molecule has 122 valence electrons. The summed E-state index contributed by atoms with van der Waals surface area (Å²) in [7, 11) is 1.63. The van der Waals surface area contributed by atoms with Gasteiger partial charge in [-0.2, -0.15) is 5.10 Å². The lowest BCUT2D eigenvalue weighted by Gasteiger charge is -2.20. The molecule has 5 nitrogen and oxygen atoms in total. The second-order valence-corrected chi connectivity index (χ2v) is 7.20. The van der Waals surface area contributed by atoms with Gasteiger partial charge in [0.25, 0.3) is 5.91 Å². The van der Waals surface area contributed by atoms with E-state index in [1.165, 1.54) is 11.8 Å². The number of anilines is 1. The number of nitrogens with one attached hydrogen (secondary N) is 2. The third kappa shape index (κ3) is 2.10. The molecular formula is C17H14ClN3O2S. The molecule has 0 aliphatic carbocycles. The first-order chi connectivity index (χ1) is 11.5. The van der Waals surface area contributed by atoms with Crippen LogP contribution in [-0.2, 0) is 9.67 Å². The number of carbonyl (C=O) groups excluding carboxylic acids is 1. The van der Waals surface area contributed by atoms with Crippen molar-refractivity contribution in [2.45, 2.75) is 11.8 Å². The van der Waals surface area contributed by atoms with Crippen molar-refractivity contribution in [3.8, 4) is 5.75 Å². The first-order valence-electron chi connectivity index (χ1n) is 7.34. The van der Waals surface area contributed by atoms with E-state index in [0.717, 1.165) is 33.2 Å². The Labute approximate surface area is 148 Å². The molecule has 0 fully saturated rings. The third-order valence-corrected chi connectivity index (χ3v) is 5.97. The minimum absolute atomic E-state index is 0.139. The molecule has 1 amide bonds. The summed E-state index contributed by atoms with van der Waals surface area (Å²) < 4.78 is 5.17. The maximum absolute atomic E-state index is 12.7. The number of hydrazone groups is 1. The second-order valence-electron chi connectivity index (χ2n) is 5.59. The Balaban J connectivity index is 1.70. The van der Waals surface area contributed by atoms with Gasteiger partial charge in [-0.3, -0.25) is 10.2 Å². The topological polar surface area (TPSA) is 62.7 Å². The molecule has 2 aliphatic rings. The van der Waals surface area contributed by atoms with Crippen LogP contribution in [0.4, 0.5) is 5.69 Å². The fraction of sp³-hybridized carbons (Fsp3) is 0.176. The summed E-state index contributed by atoms with van der Waals surface area (Å²) in [5, 5.41) is 8.71. The van der Waals surface area contributed by atoms with Gasteiger partial charge in [0.1, 0.15) is 10.8 Å². The van der Waals surface area contributed by atoms with Crippen LogP contribution in [0.3, 0.4) is 0 Å². The van der Waals surface area contributed by atoms with Crippen molar-refractivity contribution in [2.24, 2.45) is 5.10 Å². The van der Waals surface area contributed by atoms with Gasteiger partial charge >= 0.3 is 0 Å². The van der Waals surface area contributed by atoms with Crippen LogP contribution >= 0.6 is 23.4 Å². The SMILES string of the molecule is COc1ccc(C2=NNC3(S2)C(=O)Nc2c3ccc(Cl)c2C)cc1. The van der Waals surface area contributed by atoms with Crippen LogP contribution in [0.15, 0.2) is 41.5 Å². The van der Waals surface area contributed by atoms with Gasteiger partial charge < -0.3 is 10.1 Å². The van der Waals surface area contributed by atoms with E-state index < -0.39 is 4.87 Å². The van der Waals surface area contributed by atoms with E-state index in [-0.39, 0.29) is 5.91 Å². The summed E-state index contributed by atoms with van der Waals surface area (Å²) in [6, 6.07) is 11.3. The van der Waals surface area contributed by atoms with Gasteiger partial charge in [-0.05, 0) is 42.8 Å². The average Bonchev–Trinajstić information content (AvgIpc) is 3.16. The summed E-state index contributed by atoms with van der Waals surface area (Å²) in [5.41, 5.74) is 6.43. The summed E-state index contributed by atoms with van der Waals surface area (Å²) in [4.78, 5) is 11.7. The molecule has 4 rings (SSSR count). The molecule has 0 radical (unpaired) electrons. The zero-order chi connectivity index (χ0) is 16.9. The lowest BCUT2D eigenvalue weighted by Crippen LogP contribution is -2.39. The molecule has 2 heterocycles. The molecule has 7 heteroatoms. The number of hydrogen-bond acceptors (Lipinski definition) is 5. The van der Waals surface area contributed by atoms with E-state index in [2.05, 4.69) is 15.8 Å². The van der Waals surface area contributed by atoms with Crippen molar-refractivity contribution in [2.75, 3.05) is 12.4 Å². The van der Waals surface area contributed by atoms with Gasteiger partial charge in [0, 0.05) is 16.1 Å². The number of rotatable bonds is 2. The predicted molar refractivity (Wildman–Crippen MR) is 96.8 cm³/mol. The van der Waals surface area contributed by atoms with Crippen LogP contribution in [0.25, 0.3) is 0 Å². The molecule has 2 aromatic carbocycles. The molecule has 0 saturated heterocycles. The highest BCUT2D eigenvalue weighted by Gasteiger charge is 2.52. The minimum atomic E-state index is -0.945. The first kappa shape index (κ1) is 15.4. The van der Waals surface area contributed by atoms with E-state index in [1.54, 1.807) is 7.11 Å². The largest absolute Gasteiger partial charge is 0.497 e. The van der Waals surface area contributed by atoms with Crippen molar-refractivity contribution in [1.29, 1.82) is 0 Å². The number of halogens is 1. The summed E-state index contributed by atoms with van der Waals surface area (Å²) in [6.07, 6.45) is 0. The molecule has 2 aromatic rings. The summed E-state index contributed by atoms with van der Waals surface area (Å²) in [5.74, 6) is 0.638. The lowest BCUT2D eigenvalue weighted by atomic mass is 10.0. The standard InChI is InChI=1S/C17H14ClN3O2S/c1-9-13(18)8-7-12-14(9)19-16(22)17(12)21-20-15(24-17)10-3-5-11(23-2)6-4-10/h3-8,21H,1-2H3,(H,19,22). The fourth-order valence-corrected chi connectivity index (χ4v) is 4.16. The van der Waals surface area contributed by atoms with Crippen molar-refractivity contribution in [1.82, 2.24) is 5.43 Å². The van der Waals surface area contributed by atoms with Crippen LogP contribution in [-0.4, -0.2) is 18.1 Å². The number of nitrogens with zero attached hydrogens (tertiary/aromatic N) is 1. The van der Waals surface area contributed by atoms with Crippen LogP contribution in [0.2, 0.25) is 5.02 Å². The fourth-order valence-electron chi connectivity index (χ4n) is 2.85. The van der Waals surface area contributed by atoms with Gasteiger partial charge in [0.05, 0.1) is 12.8 Å². The maximum Gasteiger partial charge on any atom is 0.267 e. The normalized spacial score (nSPS) is 21.3. The van der Waals surface area contributed by atoms with Crippen molar-refractivity contribution in [3.05, 3.63) is 58.1 Å². The monoisotopic (exact) mass is 359 g/mol. The average molecular weight is 360 g/mol. The van der Waals surface area contributed by atoms with E-state index in [0.29, 0.717) is 5.02 Å². The smallest absolute Gasteiger partial charge is 0.267 e. The van der Waals surface area contributed by atoms with E-state index in [1.807, 2.05) is 43.3 Å². The zero-order valence-electron chi connectivity index (χ0n) is 13.0. The predicted octanol–water partition coefficient (Wildman–Crippen LogP) is 3.46. The zero-order valence-corrected chi connectivity index (χ0v) is 14.6.